The van der Waals surface area contributed by atoms with Crippen LogP contribution in [0.3, 0.4) is 0 Å². The van der Waals surface area contributed by atoms with Gasteiger partial charge < -0.3 is 63.1 Å². The topological polar surface area (TPSA) is 276 Å². The first-order valence-electron chi connectivity index (χ1n) is 27.0. The fraction of sp³-hybridized carbons (Fsp3) is 0.508. The van der Waals surface area contributed by atoms with Crippen molar-refractivity contribution in [1.29, 1.82) is 10.5 Å². The number of fused-ring (bicyclic) bond motifs is 18. The Morgan fingerprint density at radius 3 is 1.37 bits per heavy atom. The van der Waals surface area contributed by atoms with Crippen molar-refractivity contribution in [3.8, 4) is 69.6 Å². The molecule has 4 bridgehead atoms. The van der Waals surface area contributed by atoms with E-state index in [2.05, 4.69) is 21.9 Å². The van der Waals surface area contributed by atoms with Crippen molar-refractivity contribution in [3.05, 3.63) is 78.9 Å². The lowest BCUT2D eigenvalue weighted by molar-refractivity contribution is -0.152. The SMILES string of the molecule is CC[C@H]1c2c3c(c(C)c(OC(C)=O)c2[C@H](O)[C@@H]2C4c5c(cc(C)c(OC)c5O)CC([C@H](C#N)N12)N4C)OCO3.COc1c(C)cc2c(c1O)C1[C@H]3[C@@H](O)c4c(OC(C)=O)c(C)c5c(c4[C@H](COC(C)=O)N3[C@@H](C#N)C(C2)N1C)OCO5. The minimum absolute atomic E-state index is 0.0121. The minimum atomic E-state index is -1.32. The lowest BCUT2D eigenvalue weighted by Crippen LogP contribution is -2.69. The van der Waals surface area contributed by atoms with Crippen LogP contribution in [0.5, 0.6) is 57.5 Å². The van der Waals surface area contributed by atoms with Gasteiger partial charge >= 0.3 is 17.9 Å². The van der Waals surface area contributed by atoms with Crippen molar-refractivity contribution in [2.45, 2.75) is 147 Å². The van der Waals surface area contributed by atoms with Crippen LogP contribution in [0.2, 0.25) is 0 Å². The standard InChI is InChI=1S/C30H33N3O9.C29H33N3O7/c1-12-7-16-8-17-18(9-31)33-19(10-39-14(3)34)21-22(28(42-15(4)35)13(2)29-30(21)41-11-40-29)25(36)24(33)23(32(17)5)20(16)26(37)27(12)38-6;1-7-16-20-21(27(39-14(4)33)13(3)28-29(20)38-11-37-28)24(34)23-22-19-15(8-12(2)26(36-6)25(19)35)9-17(31(22)5)18(10-30)32(16)23/h7,17-19,23-25,36-37H,8,10-11H2,1-6H3;8,16-18,22-24,34-35H,7,9,11H2,1-6H3/t17?,18-,19-,23?,24-,25-;16-,17?,18-,22?,23-,24-/m00/s1. The van der Waals surface area contributed by atoms with Gasteiger partial charge in [-0.15, -0.1) is 0 Å². The summed E-state index contributed by atoms with van der Waals surface area (Å²) in [5, 5.41) is 68.9. The van der Waals surface area contributed by atoms with E-state index in [4.69, 9.17) is 42.6 Å². The van der Waals surface area contributed by atoms with E-state index < -0.39 is 72.4 Å². The largest absolute Gasteiger partial charge is 0.504 e. The molecule has 0 saturated carbocycles. The van der Waals surface area contributed by atoms with Crippen molar-refractivity contribution in [3.63, 3.8) is 0 Å². The van der Waals surface area contributed by atoms with Crippen LogP contribution in [0, 0.1) is 50.4 Å². The van der Waals surface area contributed by atoms with Crippen LogP contribution >= 0.6 is 0 Å². The number of ether oxygens (including phenoxy) is 9. The van der Waals surface area contributed by atoms with Crippen molar-refractivity contribution >= 4 is 17.9 Å². The molecule has 12 rings (SSSR count). The molecule has 12 atom stereocenters. The number of nitrogens with zero attached hydrogens (tertiary/aromatic N) is 6. The Kier molecular flexibility index (Phi) is 14.0. The van der Waals surface area contributed by atoms with Gasteiger partial charge in [0.25, 0.3) is 0 Å². The number of phenols is 2. The van der Waals surface area contributed by atoms with Gasteiger partial charge in [-0.25, -0.2) is 0 Å². The van der Waals surface area contributed by atoms with Crippen molar-refractivity contribution in [2.24, 2.45) is 0 Å². The average Bonchev–Trinajstić information content (AvgIpc) is 4.20. The lowest BCUT2D eigenvalue weighted by atomic mass is 9.70. The number of aromatic hydroxyl groups is 2. The van der Waals surface area contributed by atoms with Crippen LogP contribution in [-0.2, 0) is 32.0 Å². The number of carbonyl (C=O) groups excluding carboxylic acids is 3. The number of aliphatic hydroxyl groups excluding tert-OH is 2. The molecule has 0 amide bonds. The predicted molar refractivity (Wildman–Crippen MR) is 284 cm³/mol. The lowest BCUT2D eigenvalue weighted by Gasteiger charge is -2.61. The van der Waals surface area contributed by atoms with Gasteiger partial charge in [0.1, 0.15) is 42.4 Å². The van der Waals surface area contributed by atoms with Crippen molar-refractivity contribution in [2.75, 3.05) is 48.5 Å². The zero-order chi connectivity index (χ0) is 58.1. The van der Waals surface area contributed by atoms with Gasteiger partial charge in [-0.3, -0.25) is 34.0 Å². The maximum absolute atomic E-state index is 12.4. The molecule has 0 radical (unpaired) electrons. The van der Waals surface area contributed by atoms with Gasteiger partial charge in [0, 0.05) is 83.4 Å². The fourth-order valence-corrected chi connectivity index (χ4v) is 15.0. The highest BCUT2D eigenvalue weighted by Crippen LogP contribution is 2.64. The molecule has 0 spiro atoms. The van der Waals surface area contributed by atoms with E-state index in [9.17, 15) is 45.3 Å². The normalized spacial score (nSPS) is 28.0. The molecule has 81 heavy (non-hydrogen) atoms. The summed E-state index contributed by atoms with van der Waals surface area (Å²) in [6, 6.07) is 3.48. The number of likely N-dealkylation sites (N-methyl/N-ethyl adjacent to an activating group) is 2. The summed E-state index contributed by atoms with van der Waals surface area (Å²) >= 11 is 0. The molecular formula is C59H66N6O16. The van der Waals surface area contributed by atoms with Gasteiger partial charge in [0.2, 0.25) is 13.6 Å². The summed E-state index contributed by atoms with van der Waals surface area (Å²) in [4.78, 5) is 44.7. The molecule has 2 saturated heterocycles. The highest BCUT2D eigenvalue weighted by atomic mass is 16.7. The zero-order valence-corrected chi connectivity index (χ0v) is 47.2. The van der Waals surface area contributed by atoms with Gasteiger partial charge in [0.15, 0.2) is 46.0 Å². The molecule has 4 aromatic carbocycles. The molecule has 8 heterocycles. The maximum atomic E-state index is 12.4. The minimum Gasteiger partial charge on any atom is -0.504 e. The maximum Gasteiger partial charge on any atom is 0.308 e. The van der Waals surface area contributed by atoms with Gasteiger partial charge in [-0.2, -0.15) is 10.5 Å². The first-order chi connectivity index (χ1) is 38.7. The van der Waals surface area contributed by atoms with Crippen LogP contribution in [0.4, 0.5) is 0 Å². The first-order valence-corrected chi connectivity index (χ1v) is 27.0. The van der Waals surface area contributed by atoms with Crippen LogP contribution in [0.1, 0.15) is 137 Å². The Morgan fingerprint density at radius 2 is 1.00 bits per heavy atom. The number of rotatable bonds is 7. The molecule has 22 nitrogen and oxygen atoms in total. The van der Waals surface area contributed by atoms with Crippen LogP contribution in [0.25, 0.3) is 0 Å². The first kappa shape index (κ1) is 55.3. The number of carbonyl (C=O) groups is 3. The molecule has 2 fully saturated rings. The number of hydrogen-bond acceptors (Lipinski definition) is 22. The summed E-state index contributed by atoms with van der Waals surface area (Å²) in [5.74, 6) is 1.19. The van der Waals surface area contributed by atoms with Gasteiger partial charge in [-0.05, 0) is 83.3 Å². The third kappa shape index (κ3) is 8.04. The van der Waals surface area contributed by atoms with E-state index in [0.717, 1.165) is 22.3 Å². The number of phenolic OH excluding ortho intramolecular Hbond substituents is 2. The molecule has 0 aromatic heterocycles. The fourth-order valence-electron chi connectivity index (χ4n) is 15.0. The smallest absolute Gasteiger partial charge is 0.308 e. The number of piperazine rings is 2. The summed E-state index contributed by atoms with van der Waals surface area (Å²) < 4.78 is 51.5. The Balaban J connectivity index is 0.000000171. The monoisotopic (exact) mass is 1110 g/mol. The van der Waals surface area contributed by atoms with E-state index in [1.165, 1.54) is 35.0 Å². The summed E-state index contributed by atoms with van der Waals surface area (Å²) in [6.45, 7) is 12.9. The second kappa shape index (κ2) is 20.4. The molecular weight excluding hydrogens is 1050 g/mol. The van der Waals surface area contributed by atoms with Crippen LogP contribution in [-0.4, -0.2) is 143 Å². The van der Waals surface area contributed by atoms with Crippen molar-refractivity contribution < 1.29 is 77.4 Å². The number of nitriles is 2. The second-order valence-electron chi connectivity index (χ2n) is 22.1. The molecule has 4 aromatic rings. The third-order valence-corrected chi connectivity index (χ3v) is 18.0. The highest BCUT2D eigenvalue weighted by molar-refractivity contribution is 5.76. The summed E-state index contributed by atoms with van der Waals surface area (Å²) in [7, 11) is 6.82. The molecule has 4 N–H and O–H groups in total. The van der Waals surface area contributed by atoms with Crippen LogP contribution in [0.15, 0.2) is 12.1 Å². The Labute approximate surface area is 468 Å². The average molecular weight is 1120 g/mol. The summed E-state index contributed by atoms with van der Waals surface area (Å²) in [6.07, 6.45) is -0.876. The molecule has 22 heteroatoms. The zero-order valence-electron chi connectivity index (χ0n) is 47.2. The van der Waals surface area contributed by atoms with E-state index in [0.29, 0.717) is 98.3 Å². The highest BCUT2D eigenvalue weighted by Gasteiger charge is 2.62. The number of aryl methyl sites for hydroxylation is 2. The van der Waals surface area contributed by atoms with Crippen molar-refractivity contribution in [1.82, 2.24) is 19.6 Å². The molecule has 0 aliphatic carbocycles. The number of hydrogen-bond donors (Lipinski definition) is 4. The summed E-state index contributed by atoms with van der Waals surface area (Å²) in [5.41, 5.74) is 7.55. The van der Waals surface area contributed by atoms with E-state index >= 15 is 0 Å². The number of esters is 3. The predicted octanol–water partition coefficient (Wildman–Crippen LogP) is 5.84. The second-order valence-corrected chi connectivity index (χ2v) is 22.1. The molecule has 4 unspecified atom stereocenters. The van der Waals surface area contributed by atoms with Crippen LogP contribution < -0.4 is 37.9 Å². The van der Waals surface area contributed by atoms with Gasteiger partial charge in [0.05, 0.1) is 56.6 Å². The molecule has 8 aliphatic heterocycles. The third-order valence-electron chi connectivity index (χ3n) is 18.0. The Hall–Kier alpha value is -7.57. The molecule has 8 aliphatic rings. The van der Waals surface area contributed by atoms with E-state index in [1.54, 1.807) is 13.8 Å². The van der Waals surface area contributed by atoms with E-state index in [-0.39, 0.29) is 61.3 Å². The Bertz CT molecular complexity index is 3430. The van der Waals surface area contributed by atoms with E-state index in [1.807, 2.05) is 56.8 Å². The Morgan fingerprint density at radius 1 is 0.605 bits per heavy atom. The molecule has 428 valence electrons. The van der Waals surface area contributed by atoms with Gasteiger partial charge in [-0.1, -0.05) is 19.1 Å². The number of benzene rings is 4. The number of methoxy groups -OCH3 is 2. The number of aliphatic hydroxyl groups is 2. The quantitative estimate of drug-likeness (QED) is 0.125.